The first-order valence-electron chi connectivity index (χ1n) is 10.7. The summed E-state index contributed by atoms with van der Waals surface area (Å²) >= 11 is 12.1. The third-order valence-electron chi connectivity index (χ3n) is 5.17. The van der Waals surface area contributed by atoms with Gasteiger partial charge < -0.3 is 10.1 Å². The number of nitrogens with zero attached hydrogens (tertiary/aromatic N) is 1. The number of ether oxygens (including phenoxy) is 1. The van der Waals surface area contributed by atoms with E-state index in [-0.39, 0.29) is 31.3 Å². The van der Waals surface area contributed by atoms with Crippen LogP contribution in [-0.4, -0.2) is 18.0 Å². The van der Waals surface area contributed by atoms with Gasteiger partial charge in [-0.1, -0.05) is 53.5 Å². The summed E-state index contributed by atoms with van der Waals surface area (Å²) in [5.41, 5.74) is 6.77. The average Bonchev–Trinajstić information content (AvgIpc) is 2.81. The van der Waals surface area contributed by atoms with Crippen LogP contribution in [0.3, 0.4) is 0 Å². The van der Waals surface area contributed by atoms with Gasteiger partial charge >= 0.3 is 0 Å². The van der Waals surface area contributed by atoms with Crippen molar-refractivity contribution in [3.8, 4) is 5.75 Å². The molecule has 0 aliphatic rings. The summed E-state index contributed by atoms with van der Waals surface area (Å²) in [5.74, 6) is -0.00874. The summed E-state index contributed by atoms with van der Waals surface area (Å²) in [4.78, 5) is 24.3. The highest BCUT2D eigenvalue weighted by molar-refractivity contribution is 6.35. The molecule has 2 N–H and O–H groups in total. The summed E-state index contributed by atoms with van der Waals surface area (Å²) in [7, 11) is 0. The van der Waals surface area contributed by atoms with Crippen molar-refractivity contribution in [1.29, 1.82) is 0 Å². The number of aryl methyl sites for hydroxylation is 1. The number of halogens is 2. The highest BCUT2D eigenvalue weighted by atomic mass is 35.5. The Bertz CT molecular complexity index is 1210. The van der Waals surface area contributed by atoms with E-state index in [0.29, 0.717) is 21.4 Å². The molecule has 0 atom stereocenters. The molecule has 3 aromatic rings. The van der Waals surface area contributed by atoms with Gasteiger partial charge in [-0.25, -0.2) is 5.43 Å². The molecular weight excluding hydrogens is 473 g/mol. The molecule has 0 saturated heterocycles. The number of carbonyl (C=O) groups is 2. The molecule has 34 heavy (non-hydrogen) atoms. The first-order valence-corrected chi connectivity index (χ1v) is 11.4. The van der Waals surface area contributed by atoms with E-state index in [1.54, 1.807) is 24.3 Å². The zero-order valence-electron chi connectivity index (χ0n) is 18.9. The Morgan fingerprint density at radius 1 is 0.971 bits per heavy atom. The Kier molecular flexibility index (Phi) is 9.08. The fourth-order valence-electron chi connectivity index (χ4n) is 3.07. The highest BCUT2D eigenvalue weighted by Gasteiger charge is 2.09. The smallest absolute Gasteiger partial charge is 0.240 e. The molecule has 0 aliphatic carbocycles. The van der Waals surface area contributed by atoms with Crippen LogP contribution in [-0.2, 0) is 16.2 Å². The van der Waals surface area contributed by atoms with Crippen molar-refractivity contribution in [2.24, 2.45) is 5.10 Å². The minimum Gasteiger partial charge on any atom is -0.488 e. The van der Waals surface area contributed by atoms with Gasteiger partial charge in [-0.2, -0.15) is 5.10 Å². The third-order valence-corrected chi connectivity index (χ3v) is 5.75. The number of anilines is 1. The van der Waals surface area contributed by atoms with Crippen LogP contribution in [0.15, 0.2) is 65.8 Å². The molecule has 0 saturated carbocycles. The summed E-state index contributed by atoms with van der Waals surface area (Å²) < 4.78 is 5.87. The Balaban J connectivity index is 1.49. The number of hydrogen-bond acceptors (Lipinski definition) is 4. The molecular formula is C26H25Cl2N3O3. The van der Waals surface area contributed by atoms with Gasteiger partial charge in [-0.05, 0) is 55.3 Å². The SMILES string of the molecule is Cc1cccc(NC(=O)CCC(=O)NN=Cc2ccccc2OCc2ccc(Cl)cc2Cl)c1C. The average molecular weight is 498 g/mol. The van der Waals surface area contributed by atoms with Crippen molar-refractivity contribution in [3.63, 3.8) is 0 Å². The Morgan fingerprint density at radius 3 is 2.53 bits per heavy atom. The second-order valence-electron chi connectivity index (χ2n) is 7.65. The lowest BCUT2D eigenvalue weighted by atomic mass is 10.1. The van der Waals surface area contributed by atoms with E-state index in [4.69, 9.17) is 27.9 Å². The van der Waals surface area contributed by atoms with Crippen LogP contribution < -0.4 is 15.5 Å². The standard InChI is InChI=1S/C26H25Cl2N3O3/c1-17-6-5-8-23(18(17)2)30-25(32)12-13-26(33)31-29-15-19-7-3-4-9-24(19)34-16-20-10-11-21(27)14-22(20)28/h3-11,14-15H,12-13,16H2,1-2H3,(H,30,32)(H,31,33). The third kappa shape index (κ3) is 7.33. The van der Waals surface area contributed by atoms with Crippen molar-refractivity contribution in [2.45, 2.75) is 33.3 Å². The predicted molar refractivity (Wildman–Crippen MR) is 137 cm³/mol. The van der Waals surface area contributed by atoms with Crippen molar-refractivity contribution < 1.29 is 14.3 Å². The number of rotatable bonds is 9. The van der Waals surface area contributed by atoms with Crippen molar-refractivity contribution in [1.82, 2.24) is 5.43 Å². The molecule has 8 heteroatoms. The molecule has 0 fully saturated rings. The zero-order chi connectivity index (χ0) is 24.5. The van der Waals surface area contributed by atoms with Gasteiger partial charge in [0.05, 0.1) is 6.21 Å². The number of benzene rings is 3. The number of hydrazone groups is 1. The van der Waals surface area contributed by atoms with E-state index in [0.717, 1.165) is 22.4 Å². The Hall–Kier alpha value is -3.35. The maximum atomic E-state index is 12.2. The van der Waals surface area contributed by atoms with Crippen LogP contribution >= 0.6 is 23.2 Å². The maximum Gasteiger partial charge on any atom is 0.240 e. The van der Waals surface area contributed by atoms with Crippen LogP contribution in [0.25, 0.3) is 0 Å². The molecule has 3 aromatic carbocycles. The fraction of sp³-hybridized carbons (Fsp3) is 0.192. The summed E-state index contributed by atoms with van der Waals surface area (Å²) in [6, 6.07) is 18.2. The number of para-hydroxylation sites is 1. The van der Waals surface area contributed by atoms with Gasteiger partial charge in [0.15, 0.2) is 0 Å². The van der Waals surface area contributed by atoms with Crippen molar-refractivity contribution >= 4 is 46.9 Å². The quantitative estimate of drug-likeness (QED) is 0.278. The molecule has 0 bridgehead atoms. The minimum absolute atomic E-state index is 0.0151. The van der Waals surface area contributed by atoms with Crippen LogP contribution in [0, 0.1) is 13.8 Å². The lowest BCUT2D eigenvalue weighted by Crippen LogP contribution is -2.21. The first kappa shape index (κ1) is 25.3. The Labute approximate surface area is 208 Å². The summed E-state index contributed by atoms with van der Waals surface area (Å²) in [6.45, 7) is 4.17. The van der Waals surface area contributed by atoms with Crippen LogP contribution in [0.4, 0.5) is 5.69 Å². The molecule has 176 valence electrons. The van der Waals surface area contributed by atoms with Gasteiger partial charge in [-0.3, -0.25) is 9.59 Å². The van der Waals surface area contributed by atoms with Gasteiger partial charge in [0.25, 0.3) is 0 Å². The number of amides is 2. The number of nitrogens with one attached hydrogen (secondary N) is 2. The predicted octanol–water partition coefficient (Wildman–Crippen LogP) is 6.06. The van der Waals surface area contributed by atoms with E-state index in [1.807, 2.05) is 50.2 Å². The Morgan fingerprint density at radius 2 is 1.74 bits per heavy atom. The largest absolute Gasteiger partial charge is 0.488 e. The second kappa shape index (κ2) is 12.2. The number of hydrogen-bond donors (Lipinski definition) is 2. The van der Waals surface area contributed by atoms with Gasteiger partial charge in [0.2, 0.25) is 11.8 Å². The molecule has 6 nitrogen and oxygen atoms in total. The summed E-state index contributed by atoms with van der Waals surface area (Å²) in [6.07, 6.45) is 1.56. The van der Waals surface area contributed by atoms with E-state index in [2.05, 4.69) is 15.8 Å². The van der Waals surface area contributed by atoms with Gasteiger partial charge in [-0.15, -0.1) is 0 Å². The minimum atomic E-state index is -0.362. The van der Waals surface area contributed by atoms with Crippen LogP contribution in [0.2, 0.25) is 10.0 Å². The second-order valence-corrected chi connectivity index (χ2v) is 8.49. The van der Waals surface area contributed by atoms with Crippen LogP contribution in [0.5, 0.6) is 5.75 Å². The first-order chi connectivity index (χ1) is 16.3. The molecule has 0 aliphatic heterocycles. The molecule has 3 rings (SSSR count). The molecule has 2 amide bonds. The molecule has 0 radical (unpaired) electrons. The lowest BCUT2D eigenvalue weighted by Gasteiger charge is -2.10. The van der Waals surface area contributed by atoms with E-state index >= 15 is 0 Å². The molecule has 0 unspecified atom stereocenters. The van der Waals surface area contributed by atoms with E-state index < -0.39 is 0 Å². The fourth-order valence-corrected chi connectivity index (χ4v) is 3.53. The topological polar surface area (TPSA) is 79.8 Å². The monoisotopic (exact) mass is 497 g/mol. The van der Waals surface area contributed by atoms with Crippen molar-refractivity contribution in [3.05, 3.63) is 93.0 Å². The van der Waals surface area contributed by atoms with Gasteiger partial charge in [0.1, 0.15) is 12.4 Å². The van der Waals surface area contributed by atoms with E-state index in [9.17, 15) is 9.59 Å². The lowest BCUT2D eigenvalue weighted by molar-refractivity contribution is -0.124. The number of carbonyl (C=O) groups excluding carboxylic acids is 2. The highest BCUT2D eigenvalue weighted by Crippen LogP contribution is 2.24. The normalized spacial score (nSPS) is 10.8. The maximum absolute atomic E-state index is 12.2. The van der Waals surface area contributed by atoms with E-state index in [1.165, 1.54) is 6.21 Å². The zero-order valence-corrected chi connectivity index (χ0v) is 20.4. The molecule has 0 spiro atoms. The molecule has 0 aromatic heterocycles. The summed E-state index contributed by atoms with van der Waals surface area (Å²) in [5, 5.41) is 7.91. The molecule has 0 heterocycles. The van der Waals surface area contributed by atoms with Crippen LogP contribution in [0.1, 0.15) is 35.1 Å². The van der Waals surface area contributed by atoms with Gasteiger partial charge in [0, 0.05) is 39.7 Å². The van der Waals surface area contributed by atoms with Crippen molar-refractivity contribution in [2.75, 3.05) is 5.32 Å².